The minimum atomic E-state index is -4.49. The molecular formula is C23H24F3N9O2S. The van der Waals surface area contributed by atoms with E-state index in [2.05, 4.69) is 25.8 Å². The highest BCUT2D eigenvalue weighted by Crippen LogP contribution is 2.24. The van der Waals surface area contributed by atoms with Gasteiger partial charge in [-0.3, -0.25) is 9.24 Å². The topological polar surface area (TPSA) is 157 Å². The van der Waals surface area contributed by atoms with Crippen LogP contribution in [-0.4, -0.2) is 45.6 Å². The van der Waals surface area contributed by atoms with Gasteiger partial charge >= 0.3 is 12.2 Å². The van der Waals surface area contributed by atoms with Gasteiger partial charge in [-0.2, -0.15) is 18.2 Å². The summed E-state index contributed by atoms with van der Waals surface area (Å²) in [7, 11) is 0. The van der Waals surface area contributed by atoms with Gasteiger partial charge in [0.05, 0.1) is 17.6 Å². The number of imidazole rings is 1. The van der Waals surface area contributed by atoms with Crippen molar-refractivity contribution in [1.82, 2.24) is 25.2 Å². The van der Waals surface area contributed by atoms with Crippen LogP contribution in [0.25, 0.3) is 16.9 Å². The van der Waals surface area contributed by atoms with Crippen molar-refractivity contribution in [3.63, 3.8) is 0 Å². The van der Waals surface area contributed by atoms with Gasteiger partial charge in [0.15, 0.2) is 5.96 Å². The number of aromatic nitrogens is 3. The monoisotopic (exact) mass is 547 g/mol. The van der Waals surface area contributed by atoms with Crippen molar-refractivity contribution >= 4 is 39.8 Å². The van der Waals surface area contributed by atoms with E-state index in [-0.39, 0.29) is 12.6 Å². The molecule has 0 spiro atoms. The number of urea groups is 1. The molecule has 0 aliphatic heterocycles. The molecule has 0 aliphatic carbocycles. The summed E-state index contributed by atoms with van der Waals surface area (Å²) in [4.78, 5) is 29.8. The first kappa shape index (κ1) is 26.8. The molecule has 15 heteroatoms. The van der Waals surface area contributed by atoms with Gasteiger partial charge in [-0.25, -0.2) is 20.2 Å². The summed E-state index contributed by atoms with van der Waals surface area (Å²) in [5, 5.41) is 6.46. The Morgan fingerprint density at radius 2 is 2.05 bits per heavy atom. The summed E-state index contributed by atoms with van der Waals surface area (Å²) in [5.74, 6) is -0.0515. The highest BCUT2D eigenvalue weighted by molar-refractivity contribution is 7.13. The van der Waals surface area contributed by atoms with Crippen molar-refractivity contribution in [2.75, 3.05) is 18.4 Å². The minimum Gasteiger partial charge on any atom is -0.370 e. The Labute approximate surface area is 218 Å². The number of guanidine groups is 1. The summed E-state index contributed by atoms with van der Waals surface area (Å²) in [6, 6.07) is 9.72. The molecule has 0 aliphatic rings. The van der Waals surface area contributed by atoms with Crippen LogP contribution in [-0.2, 0) is 17.9 Å². The number of hydrogen-bond acceptors (Lipinski definition) is 7. The summed E-state index contributed by atoms with van der Waals surface area (Å²) in [6.45, 7) is -0.598. The molecule has 2 amide bonds. The first-order valence-corrected chi connectivity index (χ1v) is 12.1. The van der Waals surface area contributed by atoms with E-state index in [0.717, 1.165) is 22.5 Å². The molecule has 200 valence electrons. The number of nitrogens with zero attached hydrogens (tertiary/aromatic N) is 4. The van der Waals surface area contributed by atoms with E-state index in [4.69, 9.17) is 16.3 Å². The second-order valence-electron chi connectivity index (χ2n) is 8.00. The van der Waals surface area contributed by atoms with Crippen LogP contribution in [0.2, 0.25) is 0 Å². The summed E-state index contributed by atoms with van der Waals surface area (Å²) in [5.41, 5.74) is 17.9. The number of thiazole rings is 1. The van der Waals surface area contributed by atoms with E-state index in [1.807, 2.05) is 34.2 Å². The third-order valence-electron chi connectivity index (χ3n) is 5.05. The van der Waals surface area contributed by atoms with Crippen molar-refractivity contribution in [3.8, 4) is 11.3 Å². The fourth-order valence-electron chi connectivity index (χ4n) is 3.42. The molecule has 0 atom stereocenters. The maximum absolute atomic E-state index is 12.3. The number of aliphatic imine (C=N–C) groups is 1. The van der Waals surface area contributed by atoms with Crippen LogP contribution in [0.3, 0.4) is 0 Å². The number of alkyl halides is 3. The SMILES string of the molecule is NC(N)=Nc1nc(CONCCc2ccn3c(-c4cccc(NC(=O)NCC(F)(F)F)c4)cnc3c2)cs1. The maximum Gasteiger partial charge on any atom is 0.405 e. The van der Waals surface area contributed by atoms with Crippen molar-refractivity contribution in [2.45, 2.75) is 19.2 Å². The first-order chi connectivity index (χ1) is 18.2. The fourth-order valence-corrected chi connectivity index (χ4v) is 4.11. The Balaban J connectivity index is 1.31. The van der Waals surface area contributed by atoms with Crippen LogP contribution in [0.1, 0.15) is 11.3 Å². The van der Waals surface area contributed by atoms with Gasteiger partial charge in [0.1, 0.15) is 18.8 Å². The normalized spacial score (nSPS) is 11.4. The van der Waals surface area contributed by atoms with Gasteiger partial charge in [-0.15, -0.1) is 11.3 Å². The minimum absolute atomic E-state index is 0.0515. The maximum atomic E-state index is 12.3. The van der Waals surface area contributed by atoms with Crippen LogP contribution in [0.5, 0.6) is 0 Å². The summed E-state index contributed by atoms with van der Waals surface area (Å²) in [6.07, 6.45) is -0.237. The Morgan fingerprint density at radius 1 is 1.21 bits per heavy atom. The largest absolute Gasteiger partial charge is 0.405 e. The Kier molecular flexibility index (Phi) is 8.40. The van der Waals surface area contributed by atoms with Crippen molar-refractivity contribution in [3.05, 3.63) is 65.4 Å². The van der Waals surface area contributed by atoms with Gasteiger partial charge in [0.25, 0.3) is 0 Å². The van der Waals surface area contributed by atoms with Crippen LogP contribution in [0, 0.1) is 0 Å². The predicted octanol–water partition coefficient (Wildman–Crippen LogP) is 3.31. The number of hydroxylamine groups is 1. The molecule has 38 heavy (non-hydrogen) atoms. The lowest BCUT2D eigenvalue weighted by Crippen LogP contribution is -2.36. The molecule has 7 N–H and O–H groups in total. The second kappa shape index (κ2) is 11.9. The lowest BCUT2D eigenvalue weighted by molar-refractivity contribution is -0.122. The number of fused-ring (bicyclic) bond motifs is 1. The molecule has 4 rings (SSSR count). The first-order valence-electron chi connectivity index (χ1n) is 11.2. The van der Waals surface area contributed by atoms with Crippen molar-refractivity contribution in [2.24, 2.45) is 16.5 Å². The molecule has 4 aromatic rings. The lowest BCUT2D eigenvalue weighted by Gasteiger charge is -2.11. The molecule has 0 saturated carbocycles. The molecule has 0 unspecified atom stereocenters. The average Bonchev–Trinajstić information content (AvgIpc) is 3.48. The number of benzene rings is 1. The Hall–Kier alpha value is -4.21. The standard InChI is InChI=1S/C23H24F3N9O2S/c24-23(25,26)13-30-21(36)32-16-3-1-2-15(9-16)18-10-29-19-8-14(5-7-35(18)19)4-6-31-37-11-17-12-38-22(33-17)34-20(27)28/h1-3,5,7-10,12,31H,4,6,11,13H2,(H2,30,32,36)(H4,27,28,33,34). The van der Waals surface area contributed by atoms with Crippen LogP contribution in [0.4, 0.5) is 28.8 Å². The molecule has 0 saturated heterocycles. The van der Waals surface area contributed by atoms with Crippen molar-refractivity contribution < 1.29 is 22.8 Å². The van der Waals surface area contributed by atoms with Gasteiger partial charge in [0.2, 0.25) is 5.13 Å². The number of hydrogen-bond donors (Lipinski definition) is 5. The highest BCUT2D eigenvalue weighted by atomic mass is 32.1. The quantitative estimate of drug-likeness (QED) is 0.0882. The zero-order valence-electron chi connectivity index (χ0n) is 19.8. The predicted molar refractivity (Wildman–Crippen MR) is 138 cm³/mol. The van der Waals surface area contributed by atoms with Gasteiger partial charge < -0.3 is 22.1 Å². The number of nitrogens with one attached hydrogen (secondary N) is 3. The van der Waals surface area contributed by atoms with Gasteiger partial charge in [-0.05, 0) is 36.2 Å². The van der Waals surface area contributed by atoms with E-state index in [9.17, 15) is 18.0 Å². The van der Waals surface area contributed by atoms with Crippen LogP contribution in [0.15, 0.2) is 59.2 Å². The molecule has 1 aromatic carbocycles. The van der Waals surface area contributed by atoms with E-state index in [1.54, 1.807) is 29.7 Å². The van der Waals surface area contributed by atoms with Gasteiger partial charge in [-0.1, -0.05) is 12.1 Å². The molecule has 0 bridgehead atoms. The molecular weight excluding hydrogens is 523 g/mol. The number of amides is 2. The number of carbonyl (C=O) groups is 1. The molecule has 3 aromatic heterocycles. The number of nitrogens with two attached hydrogens (primary N) is 2. The molecule has 11 nitrogen and oxygen atoms in total. The molecule has 3 heterocycles. The third kappa shape index (κ3) is 7.64. The summed E-state index contributed by atoms with van der Waals surface area (Å²) < 4.78 is 38.8. The Morgan fingerprint density at radius 3 is 2.84 bits per heavy atom. The number of anilines is 1. The van der Waals surface area contributed by atoms with Gasteiger partial charge in [0, 0.05) is 29.4 Å². The number of halogens is 3. The third-order valence-corrected chi connectivity index (χ3v) is 5.83. The summed E-state index contributed by atoms with van der Waals surface area (Å²) >= 11 is 1.31. The number of rotatable bonds is 10. The average molecular weight is 548 g/mol. The zero-order chi connectivity index (χ0) is 27.1. The van der Waals surface area contributed by atoms with Crippen LogP contribution < -0.4 is 27.6 Å². The van der Waals surface area contributed by atoms with Crippen LogP contribution >= 0.6 is 11.3 Å². The van der Waals surface area contributed by atoms with E-state index < -0.39 is 18.8 Å². The van der Waals surface area contributed by atoms with E-state index in [1.165, 1.54) is 11.3 Å². The zero-order valence-corrected chi connectivity index (χ0v) is 20.6. The smallest absolute Gasteiger partial charge is 0.370 e. The highest BCUT2D eigenvalue weighted by Gasteiger charge is 2.27. The van der Waals surface area contributed by atoms with E-state index >= 15 is 0 Å². The molecule has 0 fully saturated rings. The Bertz CT molecular complexity index is 1430. The number of pyridine rings is 1. The van der Waals surface area contributed by atoms with Crippen molar-refractivity contribution in [1.29, 1.82) is 0 Å². The van der Waals surface area contributed by atoms with E-state index in [0.29, 0.717) is 29.5 Å². The number of carbonyl (C=O) groups excluding carboxylic acids is 1. The lowest BCUT2D eigenvalue weighted by atomic mass is 10.1. The molecule has 0 radical (unpaired) electrons. The second-order valence-corrected chi connectivity index (χ2v) is 8.84. The fraction of sp³-hybridized carbons (Fsp3) is 0.217.